The quantitative estimate of drug-likeness (QED) is 0.443. The molecule has 2 N–H and O–H groups in total. The van der Waals surface area contributed by atoms with Crippen LogP contribution in [0.2, 0.25) is 0 Å². The first-order chi connectivity index (χ1) is 16.3. The molecule has 1 saturated heterocycles. The van der Waals surface area contributed by atoms with Crippen molar-refractivity contribution in [2.24, 2.45) is 0 Å². The van der Waals surface area contributed by atoms with Gasteiger partial charge in [0, 0.05) is 36.5 Å². The normalized spacial score (nSPS) is 18.4. The molecule has 6 rings (SSSR count). The van der Waals surface area contributed by atoms with Crippen molar-refractivity contribution < 1.29 is 4.74 Å². The lowest BCUT2D eigenvalue weighted by atomic mass is 10.1. The van der Waals surface area contributed by atoms with E-state index in [1.54, 1.807) is 0 Å². The summed E-state index contributed by atoms with van der Waals surface area (Å²) in [6.45, 7) is 2.62. The minimum atomic E-state index is 0.160. The van der Waals surface area contributed by atoms with Crippen LogP contribution in [-0.2, 0) is 6.54 Å². The number of hydrogen-bond donors (Lipinski definition) is 2. The summed E-state index contributed by atoms with van der Waals surface area (Å²) < 4.78 is 8.20. The number of pyridine rings is 1. The van der Waals surface area contributed by atoms with E-state index in [0.717, 1.165) is 48.7 Å². The maximum Gasteiger partial charge on any atom is 0.219 e. The maximum absolute atomic E-state index is 6.28. The molecule has 2 fully saturated rings. The van der Waals surface area contributed by atoms with Gasteiger partial charge in [0.15, 0.2) is 5.65 Å². The molecule has 3 aromatic heterocycles. The molecule has 7 heteroatoms. The Bertz CT molecular complexity index is 1230. The van der Waals surface area contributed by atoms with Crippen LogP contribution >= 0.6 is 0 Å². The molecule has 33 heavy (non-hydrogen) atoms. The standard InChI is InChI=1S/C26H28N6O/c1-2-13-28-23(5-1)20-8-6-18(7-9-20)15-29-24-14-25(33-21-4-3-12-27-16-21)31-26-22(19-10-11-19)17-30-32(24)26/h1-2,5-9,13-14,17,19,21,27,29H,3-4,10-12,15-16H2/t21-/m0/s1. The van der Waals surface area contributed by atoms with Crippen LogP contribution < -0.4 is 15.4 Å². The van der Waals surface area contributed by atoms with Crippen LogP contribution in [-0.4, -0.2) is 38.8 Å². The van der Waals surface area contributed by atoms with Gasteiger partial charge in [-0.25, -0.2) is 0 Å². The molecule has 4 heterocycles. The Kier molecular flexibility index (Phi) is 5.40. The first-order valence-corrected chi connectivity index (χ1v) is 11.8. The summed E-state index contributed by atoms with van der Waals surface area (Å²) in [5.74, 6) is 2.15. The zero-order valence-electron chi connectivity index (χ0n) is 18.6. The minimum Gasteiger partial charge on any atom is -0.473 e. The fourth-order valence-electron chi connectivity index (χ4n) is 4.44. The molecule has 0 amide bonds. The molecule has 0 radical (unpaired) electrons. The van der Waals surface area contributed by atoms with Crippen LogP contribution in [0.5, 0.6) is 5.88 Å². The predicted molar refractivity (Wildman–Crippen MR) is 128 cm³/mol. The first kappa shape index (κ1) is 20.2. The Balaban J connectivity index is 1.24. The maximum atomic E-state index is 6.28. The van der Waals surface area contributed by atoms with E-state index >= 15 is 0 Å². The molecule has 1 aliphatic heterocycles. The second-order valence-corrected chi connectivity index (χ2v) is 8.94. The third kappa shape index (κ3) is 4.41. The number of anilines is 1. The molecule has 7 nitrogen and oxygen atoms in total. The third-order valence-electron chi connectivity index (χ3n) is 6.42. The molecule has 1 atom stereocenters. The summed E-state index contributed by atoms with van der Waals surface area (Å²) in [6.07, 6.45) is 8.57. The summed E-state index contributed by atoms with van der Waals surface area (Å²) in [4.78, 5) is 9.29. The Morgan fingerprint density at radius 1 is 1.09 bits per heavy atom. The molecule has 1 saturated carbocycles. The Morgan fingerprint density at radius 3 is 2.76 bits per heavy atom. The fourth-order valence-corrected chi connectivity index (χ4v) is 4.44. The lowest BCUT2D eigenvalue weighted by molar-refractivity contribution is 0.161. The average Bonchev–Trinajstić information content (AvgIpc) is 3.63. The van der Waals surface area contributed by atoms with Crippen LogP contribution in [0.15, 0.2) is 60.9 Å². The van der Waals surface area contributed by atoms with Gasteiger partial charge in [0.1, 0.15) is 11.9 Å². The average molecular weight is 441 g/mol. The smallest absolute Gasteiger partial charge is 0.219 e. The van der Waals surface area contributed by atoms with Crippen LogP contribution in [0.25, 0.3) is 16.9 Å². The summed E-state index contributed by atoms with van der Waals surface area (Å²) in [7, 11) is 0. The summed E-state index contributed by atoms with van der Waals surface area (Å²) in [5.41, 5.74) is 5.42. The summed E-state index contributed by atoms with van der Waals surface area (Å²) in [5, 5.41) is 11.6. The highest BCUT2D eigenvalue weighted by Gasteiger charge is 2.28. The zero-order chi connectivity index (χ0) is 22.0. The molecule has 0 unspecified atom stereocenters. The molecule has 168 valence electrons. The second-order valence-electron chi connectivity index (χ2n) is 8.94. The molecule has 4 aromatic rings. The molecular formula is C26H28N6O. The van der Waals surface area contributed by atoms with Gasteiger partial charge in [0.25, 0.3) is 0 Å². The lowest BCUT2D eigenvalue weighted by Crippen LogP contribution is -2.37. The van der Waals surface area contributed by atoms with Crippen LogP contribution in [0.1, 0.15) is 42.7 Å². The number of benzene rings is 1. The Morgan fingerprint density at radius 2 is 2.00 bits per heavy atom. The van der Waals surface area contributed by atoms with Crippen molar-refractivity contribution in [1.29, 1.82) is 0 Å². The number of hydrogen-bond acceptors (Lipinski definition) is 6. The highest BCUT2D eigenvalue weighted by Crippen LogP contribution is 2.42. The summed E-state index contributed by atoms with van der Waals surface area (Å²) in [6, 6.07) is 16.5. The van der Waals surface area contributed by atoms with E-state index in [-0.39, 0.29) is 6.10 Å². The van der Waals surface area contributed by atoms with Crippen molar-refractivity contribution in [3.63, 3.8) is 0 Å². The van der Waals surface area contributed by atoms with E-state index in [2.05, 4.69) is 45.0 Å². The van der Waals surface area contributed by atoms with E-state index in [0.29, 0.717) is 18.3 Å². The van der Waals surface area contributed by atoms with E-state index in [4.69, 9.17) is 9.72 Å². The molecule has 2 aliphatic rings. The Labute approximate surface area is 193 Å². The van der Waals surface area contributed by atoms with Gasteiger partial charge in [-0.15, -0.1) is 0 Å². The number of nitrogens with zero attached hydrogens (tertiary/aromatic N) is 4. The highest BCUT2D eigenvalue weighted by atomic mass is 16.5. The van der Waals surface area contributed by atoms with E-state index < -0.39 is 0 Å². The molecule has 1 aliphatic carbocycles. The highest BCUT2D eigenvalue weighted by molar-refractivity contribution is 5.60. The zero-order valence-corrected chi connectivity index (χ0v) is 18.6. The van der Waals surface area contributed by atoms with Crippen molar-refractivity contribution in [2.75, 3.05) is 18.4 Å². The third-order valence-corrected chi connectivity index (χ3v) is 6.42. The van der Waals surface area contributed by atoms with Gasteiger partial charge in [-0.3, -0.25) is 4.98 Å². The van der Waals surface area contributed by atoms with Crippen molar-refractivity contribution in [2.45, 2.75) is 44.2 Å². The molecule has 1 aromatic carbocycles. The van der Waals surface area contributed by atoms with Gasteiger partial charge in [-0.2, -0.15) is 14.6 Å². The van der Waals surface area contributed by atoms with Crippen molar-refractivity contribution in [3.05, 3.63) is 72.1 Å². The number of aromatic nitrogens is 4. The number of ether oxygens (including phenoxy) is 1. The second kappa shape index (κ2) is 8.83. The van der Waals surface area contributed by atoms with E-state index in [1.165, 1.54) is 24.0 Å². The van der Waals surface area contributed by atoms with Crippen LogP contribution in [0.3, 0.4) is 0 Å². The lowest BCUT2D eigenvalue weighted by Gasteiger charge is -2.23. The van der Waals surface area contributed by atoms with Crippen LogP contribution in [0, 0.1) is 0 Å². The van der Waals surface area contributed by atoms with Gasteiger partial charge in [0.05, 0.1) is 11.9 Å². The minimum absolute atomic E-state index is 0.160. The van der Waals surface area contributed by atoms with E-state index in [1.807, 2.05) is 41.2 Å². The van der Waals surface area contributed by atoms with Crippen LogP contribution in [0.4, 0.5) is 5.82 Å². The van der Waals surface area contributed by atoms with Gasteiger partial charge >= 0.3 is 0 Å². The first-order valence-electron chi connectivity index (χ1n) is 11.8. The van der Waals surface area contributed by atoms with Gasteiger partial charge < -0.3 is 15.4 Å². The number of fused-ring (bicyclic) bond motifs is 1. The molecular weight excluding hydrogens is 412 g/mol. The number of rotatable bonds is 7. The predicted octanol–water partition coefficient (Wildman–Crippen LogP) is 4.41. The van der Waals surface area contributed by atoms with Crippen molar-refractivity contribution in [1.82, 2.24) is 24.9 Å². The number of piperidine rings is 1. The molecule has 0 spiro atoms. The van der Waals surface area contributed by atoms with Crippen molar-refractivity contribution in [3.8, 4) is 17.1 Å². The molecule has 0 bridgehead atoms. The van der Waals surface area contributed by atoms with Gasteiger partial charge in [-0.05, 0) is 55.8 Å². The summed E-state index contributed by atoms with van der Waals surface area (Å²) >= 11 is 0. The topological polar surface area (TPSA) is 76.4 Å². The van der Waals surface area contributed by atoms with Crippen molar-refractivity contribution >= 4 is 11.5 Å². The van der Waals surface area contributed by atoms with Gasteiger partial charge in [0.2, 0.25) is 5.88 Å². The van der Waals surface area contributed by atoms with E-state index in [9.17, 15) is 0 Å². The largest absolute Gasteiger partial charge is 0.473 e. The monoisotopic (exact) mass is 440 g/mol. The number of nitrogens with one attached hydrogen (secondary N) is 2. The SMILES string of the molecule is c1ccc(-c2ccc(CNc3cc(O[C@H]4CCCNC4)nc4c(C5CC5)cnn34)cc2)nc1. The Hall–Kier alpha value is -3.45. The van der Waals surface area contributed by atoms with Gasteiger partial charge in [-0.1, -0.05) is 30.3 Å². The fraction of sp³-hybridized carbons (Fsp3) is 0.346.